The summed E-state index contributed by atoms with van der Waals surface area (Å²) in [6, 6.07) is 0.607. The average Bonchev–Trinajstić information content (AvgIpc) is 2.78. The molecule has 0 radical (unpaired) electrons. The standard InChI is InChI=1S/C11H20N2O2.2ClH/c1-15-11(14)10-3-2-8-13(10)9-4-6-12-7-5-9;;/h9-10,12H,2-8H2,1H3;2*1H. The maximum Gasteiger partial charge on any atom is 0.323 e. The number of likely N-dealkylation sites (tertiary alicyclic amines) is 1. The molecule has 4 nitrogen and oxygen atoms in total. The van der Waals surface area contributed by atoms with Gasteiger partial charge in [-0.1, -0.05) is 0 Å². The summed E-state index contributed by atoms with van der Waals surface area (Å²) in [5.41, 5.74) is 0. The van der Waals surface area contributed by atoms with Gasteiger partial charge in [-0.3, -0.25) is 9.69 Å². The van der Waals surface area contributed by atoms with Gasteiger partial charge in [0.25, 0.3) is 0 Å². The minimum Gasteiger partial charge on any atom is -0.468 e. The van der Waals surface area contributed by atoms with Crippen LogP contribution in [-0.2, 0) is 9.53 Å². The Hall–Kier alpha value is -0.0300. The van der Waals surface area contributed by atoms with Gasteiger partial charge in [0.1, 0.15) is 6.04 Å². The number of hydrogen-bond acceptors (Lipinski definition) is 4. The number of piperidine rings is 1. The molecule has 102 valence electrons. The second-order valence-corrected chi connectivity index (χ2v) is 4.40. The predicted molar refractivity (Wildman–Crippen MR) is 72.1 cm³/mol. The van der Waals surface area contributed by atoms with Crippen LogP contribution in [0.15, 0.2) is 0 Å². The van der Waals surface area contributed by atoms with Gasteiger partial charge in [0, 0.05) is 6.04 Å². The summed E-state index contributed by atoms with van der Waals surface area (Å²) in [5, 5.41) is 3.35. The first-order valence-corrected chi connectivity index (χ1v) is 5.87. The van der Waals surface area contributed by atoms with E-state index in [0.29, 0.717) is 6.04 Å². The molecule has 2 rings (SSSR count). The van der Waals surface area contributed by atoms with Gasteiger partial charge in [0.05, 0.1) is 7.11 Å². The smallest absolute Gasteiger partial charge is 0.323 e. The highest BCUT2D eigenvalue weighted by atomic mass is 35.5. The minimum atomic E-state index is -0.0500. The van der Waals surface area contributed by atoms with Gasteiger partial charge in [-0.05, 0) is 45.3 Å². The van der Waals surface area contributed by atoms with Gasteiger partial charge in [-0.25, -0.2) is 0 Å². The lowest BCUT2D eigenvalue weighted by Crippen LogP contribution is -2.48. The number of rotatable bonds is 2. The van der Waals surface area contributed by atoms with Crippen molar-refractivity contribution in [3.63, 3.8) is 0 Å². The number of carbonyl (C=O) groups excluding carboxylic acids is 1. The van der Waals surface area contributed by atoms with E-state index in [1.54, 1.807) is 0 Å². The van der Waals surface area contributed by atoms with Gasteiger partial charge in [-0.2, -0.15) is 0 Å². The van der Waals surface area contributed by atoms with Crippen LogP contribution in [0, 0.1) is 0 Å². The van der Waals surface area contributed by atoms with Crippen LogP contribution in [0.1, 0.15) is 25.7 Å². The number of carbonyl (C=O) groups is 1. The minimum absolute atomic E-state index is 0. The molecule has 0 saturated carbocycles. The number of halogens is 2. The molecule has 1 atom stereocenters. The molecule has 2 heterocycles. The van der Waals surface area contributed by atoms with Gasteiger partial charge in [0.2, 0.25) is 0 Å². The summed E-state index contributed by atoms with van der Waals surface area (Å²) in [6.45, 7) is 3.22. The Balaban J connectivity index is 0.00000128. The molecule has 0 amide bonds. The van der Waals surface area contributed by atoms with Crippen molar-refractivity contribution in [3.05, 3.63) is 0 Å². The molecule has 0 aliphatic carbocycles. The first-order valence-electron chi connectivity index (χ1n) is 5.87. The van der Waals surface area contributed by atoms with E-state index >= 15 is 0 Å². The fourth-order valence-electron chi connectivity index (χ4n) is 2.75. The van der Waals surface area contributed by atoms with E-state index in [-0.39, 0.29) is 36.8 Å². The first-order chi connectivity index (χ1) is 7.33. The normalized spacial score (nSPS) is 25.8. The number of methoxy groups -OCH3 is 1. The fourth-order valence-corrected chi connectivity index (χ4v) is 2.75. The number of ether oxygens (including phenoxy) is 1. The molecule has 2 fully saturated rings. The molecule has 1 N–H and O–H groups in total. The van der Waals surface area contributed by atoms with Crippen LogP contribution in [0.4, 0.5) is 0 Å². The summed E-state index contributed by atoms with van der Waals surface area (Å²) in [6.07, 6.45) is 4.42. The third-order valence-corrected chi connectivity index (χ3v) is 3.55. The first kappa shape index (κ1) is 17.0. The summed E-state index contributed by atoms with van der Waals surface area (Å²) < 4.78 is 4.86. The van der Waals surface area contributed by atoms with E-state index in [1.807, 2.05) is 0 Å². The van der Waals surface area contributed by atoms with Gasteiger partial charge in [0.15, 0.2) is 0 Å². The maximum atomic E-state index is 11.6. The Morgan fingerprint density at radius 1 is 1.24 bits per heavy atom. The number of nitrogens with one attached hydrogen (secondary N) is 1. The van der Waals surface area contributed by atoms with E-state index in [1.165, 1.54) is 7.11 Å². The molecule has 2 saturated heterocycles. The lowest BCUT2D eigenvalue weighted by molar-refractivity contribution is -0.146. The molecule has 0 bridgehead atoms. The Labute approximate surface area is 115 Å². The summed E-state index contributed by atoms with van der Waals surface area (Å²) >= 11 is 0. The molecule has 0 aromatic carbocycles. The lowest BCUT2D eigenvalue weighted by atomic mass is 10.0. The quantitative estimate of drug-likeness (QED) is 0.775. The zero-order chi connectivity index (χ0) is 10.7. The summed E-state index contributed by atoms with van der Waals surface area (Å²) in [5.74, 6) is -0.0500. The Bertz CT molecular complexity index is 236. The van der Waals surface area contributed by atoms with Gasteiger partial charge >= 0.3 is 5.97 Å². The molecule has 1 unspecified atom stereocenters. The summed E-state index contributed by atoms with van der Waals surface area (Å²) in [4.78, 5) is 13.9. The van der Waals surface area contributed by atoms with E-state index in [4.69, 9.17) is 4.74 Å². The second kappa shape index (κ2) is 8.14. The molecule has 17 heavy (non-hydrogen) atoms. The van der Waals surface area contributed by atoms with Crippen molar-refractivity contribution >= 4 is 30.8 Å². The lowest BCUT2D eigenvalue weighted by Gasteiger charge is -2.34. The second-order valence-electron chi connectivity index (χ2n) is 4.40. The highest BCUT2D eigenvalue weighted by molar-refractivity contribution is 5.85. The maximum absolute atomic E-state index is 11.6. The van der Waals surface area contributed by atoms with Crippen LogP contribution >= 0.6 is 24.8 Å². The predicted octanol–water partition coefficient (Wildman–Crippen LogP) is 1.22. The van der Waals surface area contributed by atoms with E-state index < -0.39 is 0 Å². The van der Waals surface area contributed by atoms with Crippen molar-refractivity contribution in [3.8, 4) is 0 Å². The number of nitrogens with zero attached hydrogens (tertiary/aromatic N) is 1. The third kappa shape index (κ3) is 3.98. The van der Waals surface area contributed by atoms with Crippen molar-refractivity contribution in [1.82, 2.24) is 10.2 Å². The van der Waals surface area contributed by atoms with Crippen LogP contribution < -0.4 is 5.32 Å². The van der Waals surface area contributed by atoms with Crippen LogP contribution in [0.25, 0.3) is 0 Å². The zero-order valence-electron chi connectivity index (χ0n) is 10.2. The monoisotopic (exact) mass is 284 g/mol. The van der Waals surface area contributed by atoms with Gasteiger partial charge < -0.3 is 10.1 Å². The van der Waals surface area contributed by atoms with Crippen LogP contribution in [0.3, 0.4) is 0 Å². The molecule has 2 aliphatic heterocycles. The number of esters is 1. The largest absolute Gasteiger partial charge is 0.468 e. The van der Waals surface area contributed by atoms with E-state index in [2.05, 4.69) is 10.2 Å². The summed E-state index contributed by atoms with van der Waals surface area (Å²) in [7, 11) is 1.49. The molecule has 0 spiro atoms. The molecule has 2 aliphatic rings. The molecule has 0 aromatic heterocycles. The highest BCUT2D eigenvalue weighted by Crippen LogP contribution is 2.24. The molecule has 0 aromatic rings. The average molecular weight is 285 g/mol. The van der Waals surface area contributed by atoms with Crippen molar-refractivity contribution in [2.24, 2.45) is 0 Å². The van der Waals surface area contributed by atoms with Crippen molar-refractivity contribution in [1.29, 1.82) is 0 Å². The Kier molecular flexibility index (Phi) is 8.12. The molecule has 6 heteroatoms. The van der Waals surface area contributed by atoms with Crippen LogP contribution in [0.2, 0.25) is 0 Å². The topological polar surface area (TPSA) is 41.6 Å². The highest BCUT2D eigenvalue weighted by Gasteiger charge is 2.36. The fraction of sp³-hybridized carbons (Fsp3) is 0.909. The molecular weight excluding hydrogens is 263 g/mol. The zero-order valence-corrected chi connectivity index (χ0v) is 11.8. The Morgan fingerprint density at radius 3 is 2.47 bits per heavy atom. The third-order valence-electron chi connectivity index (χ3n) is 3.55. The van der Waals surface area contributed by atoms with Crippen molar-refractivity contribution in [2.75, 3.05) is 26.7 Å². The Morgan fingerprint density at radius 2 is 1.88 bits per heavy atom. The molecular formula is C11H22Cl2N2O2. The van der Waals surface area contributed by atoms with Crippen molar-refractivity contribution in [2.45, 2.75) is 37.8 Å². The number of hydrogen-bond donors (Lipinski definition) is 1. The van der Waals surface area contributed by atoms with Crippen LogP contribution in [-0.4, -0.2) is 49.7 Å². The van der Waals surface area contributed by atoms with Gasteiger partial charge in [-0.15, -0.1) is 24.8 Å². The van der Waals surface area contributed by atoms with E-state index in [0.717, 1.165) is 45.3 Å². The van der Waals surface area contributed by atoms with Crippen LogP contribution in [0.5, 0.6) is 0 Å². The SMILES string of the molecule is COC(=O)C1CCCN1C1CCNCC1.Cl.Cl. The van der Waals surface area contributed by atoms with Crippen molar-refractivity contribution < 1.29 is 9.53 Å². The van der Waals surface area contributed by atoms with E-state index in [9.17, 15) is 4.79 Å².